The Kier molecular flexibility index (Phi) is 3.36. The van der Waals surface area contributed by atoms with Crippen molar-refractivity contribution in [1.82, 2.24) is 20.1 Å². The fourth-order valence-corrected chi connectivity index (χ4v) is 2.25. The Morgan fingerprint density at radius 2 is 2.38 bits per heavy atom. The van der Waals surface area contributed by atoms with E-state index in [2.05, 4.69) is 22.3 Å². The van der Waals surface area contributed by atoms with E-state index in [1.807, 2.05) is 36.6 Å². The van der Waals surface area contributed by atoms with E-state index in [1.165, 1.54) is 10.4 Å². The number of rotatable bonds is 4. The first-order valence-electron chi connectivity index (χ1n) is 5.27. The highest BCUT2D eigenvalue weighted by Crippen LogP contribution is 2.15. The molecule has 0 spiro atoms. The van der Waals surface area contributed by atoms with Crippen LogP contribution in [0.2, 0.25) is 0 Å². The maximum Gasteiger partial charge on any atom is 0.0798 e. The van der Waals surface area contributed by atoms with Gasteiger partial charge >= 0.3 is 0 Å². The van der Waals surface area contributed by atoms with Crippen molar-refractivity contribution < 1.29 is 0 Å². The number of hydrogen-bond acceptors (Lipinski definition) is 4. The summed E-state index contributed by atoms with van der Waals surface area (Å²) in [5.74, 6) is 0. The highest BCUT2D eigenvalue weighted by Gasteiger charge is 2.08. The van der Waals surface area contributed by atoms with Crippen LogP contribution < -0.4 is 5.32 Å². The van der Waals surface area contributed by atoms with Gasteiger partial charge in [-0.3, -0.25) is 4.68 Å². The summed E-state index contributed by atoms with van der Waals surface area (Å²) < 4.78 is 1.82. The Hall–Kier alpha value is -1.20. The lowest BCUT2D eigenvalue weighted by Gasteiger charge is -2.10. The smallest absolute Gasteiger partial charge is 0.0798 e. The van der Waals surface area contributed by atoms with Crippen LogP contribution in [-0.4, -0.2) is 14.8 Å². The van der Waals surface area contributed by atoms with Gasteiger partial charge in [0.25, 0.3) is 0 Å². The molecule has 0 radical (unpaired) electrons. The number of aryl methyl sites for hydroxylation is 2. The lowest BCUT2D eigenvalue weighted by atomic mass is 10.2. The molecule has 0 saturated heterocycles. The molecular weight excluding hydrogens is 220 g/mol. The number of nitrogens with one attached hydrogen (secondary N) is 1. The van der Waals surface area contributed by atoms with E-state index in [-0.39, 0.29) is 0 Å². The predicted octanol–water partition coefficient (Wildman–Crippen LogP) is 2.04. The van der Waals surface area contributed by atoms with Gasteiger partial charge < -0.3 is 5.32 Å². The molecule has 0 bridgehead atoms. The van der Waals surface area contributed by atoms with Gasteiger partial charge in [-0.15, -0.1) is 11.3 Å². The van der Waals surface area contributed by atoms with Crippen molar-refractivity contribution in [1.29, 1.82) is 0 Å². The van der Waals surface area contributed by atoms with Crippen LogP contribution in [0.5, 0.6) is 0 Å². The van der Waals surface area contributed by atoms with Crippen molar-refractivity contribution in [3.05, 3.63) is 34.0 Å². The minimum atomic E-state index is 0.315. The third-order valence-corrected chi connectivity index (χ3v) is 3.57. The van der Waals surface area contributed by atoms with E-state index in [0.29, 0.717) is 6.04 Å². The zero-order chi connectivity index (χ0) is 11.5. The van der Waals surface area contributed by atoms with Gasteiger partial charge in [-0.2, -0.15) is 5.10 Å². The Bertz CT molecular complexity index is 460. The van der Waals surface area contributed by atoms with Crippen LogP contribution in [0.25, 0.3) is 0 Å². The van der Waals surface area contributed by atoms with Crippen molar-refractivity contribution in [2.45, 2.75) is 26.4 Å². The lowest BCUT2D eigenvalue weighted by Crippen LogP contribution is -2.17. The summed E-state index contributed by atoms with van der Waals surface area (Å²) in [7, 11) is 1.93. The quantitative estimate of drug-likeness (QED) is 0.883. The second kappa shape index (κ2) is 4.76. The van der Waals surface area contributed by atoms with Crippen LogP contribution in [0.1, 0.15) is 29.1 Å². The first-order valence-corrected chi connectivity index (χ1v) is 6.15. The minimum Gasteiger partial charge on any atom is -0.305 e. The Morgan fingerprint density at radius 1 is 1.56 bits per heavy atom. The van der Waals surface area contributed by atoms with Gasteiger partial charge in [-0.25, -0.2) is 4.98 Å². The molecule has 0 aliphatic heterocycles. The fraction of sp³-hybridized carbons (Fsp3) is 0.455. The molecule has 0 fully saturated rings. The van der Waals surface area contributed by atoms with Gasteiger partial charge in [0.1, 0.15) is 0 Å². The van der Waals surface area contributed by atoms with Gasteiger partial charge in [0.15, 0.2) is 0 Å². The molecule has 1 N–H and O–H groups in total. The van der Waals surface area contributed by atoms with Gasteiger partial charge in [0.05, 0.1) is 17.4 Å². The van der Waals surface area contributed by atoms with Crippen LogP contribution in [0.4, 0.5) is 0 Å². The normalized spacial score (nSPS) is 12.9. The molecule has 0 amide bonds. The SMILES string of the molecule is Cc1ncsc1CNC(C)c1cnn(C)c1. The first-order chi connectivity index (χ1) is 7.66. The van der Waals surface area contributed by atoms with Gasteiger partial charge in [0.2, 0.25) is 0 Å². The number of hydrogen-bond donors (Lipinski definition) is 1. The Balaban J connectivity index is 1.93. The van der Waals surface area contributed by atoms with E-state index in [1.54, 1.807) is 11.3 Å². The third kappa shape index (κ3) is 2.48. The zero-order valence-corrected chi connectivity index (χ0v) is 10.6. The second-order valence-corrected chi connectivity index (χ2v) is 4.85. The summed E-state index contributed by atoms with van der Waals surface area (Å²) >= 11 is 1.70. The summed E-state index contributed by atoms with van der Waals surface area (Å²) in [6.45, 7) is 5.06. The van der Waals surface area contributed by atoms with Crippen LogP contribution in [-0.2, 0) is 13.6 Å². The van der Waals surface area contributed by atoms with E-state index in [9.17, 15) is 0 Å². The van der Waals surface area contributed by atoms with E-state index >= 15 is 0 Å². The summed E-state index contributed by atoms with van der Waals surface area (Å²) in [4.78, 5) is 5.54. The molecule has 1 atom stereocenters. The van der Waals surface area contributed by atoms with E-state index in [4.69, 9.17) is 0 Å². The second-order valence-electron chi connectivity index (χ2n) is 3.91. The number of aromatic nitrogens is 3. The minimum absolute atomic E-state index is 0.315. The third-order valence-electron chi connectivity index (χ3n) is 2.64. The molecule has 1 unspecified atom stereocenters. The molecular formula is C11H16N4S. The molecule has 16 heavy (non-hydrogen) atoms. The average Bonchev–Trinajstić information content (AvgIpc) is 2.84. The van der Waals surface area contributed by atoms with Crippen molar-refractivity contribution >= 4 is 11.3 Å². The van der Waals surface area contributed by atoms with Crippen molar-refractivity contribution in [2.75, 3.05) is 0 Å². The maximum atomic E-state index is 4.23. The fourth-order valence-electron chi connectivity index (χ4n) is 1.52. The molecule has 0 aromatic carbocycles. The summed E-state index contributed by atoms with van der Waals surface area (Å²) in [5, 5.41) is 7.64. The van der Waals surface area contributed by atoms with E-state index < -0.39 is 0 Å². The highest BCUT2D eigenvalue weighted by molar-refractivity contribution is 7.09. The van der Waals surface area contributed by atoms with Crippen molar-refractivity contribution in [3.63, 3.8) is 0 Å². The Labute approximate surface area is 99.3 Å². The monoisotopic (exact) mass is 236 g/mol. The van der Waals surface area contributed by atoms with Crippen LogP contribution in [0, 0.1) is 6.92 Å². The van der Waals surface area contributed by atoms with Crippen molar-refractivity contribution in [2.24, 2.45) is 7.05 Å². The largest absolute Gasteiger partial charge is 0.305 e. The number of thiazole rings is 1. The molecule has 0 saturated carbocycles. The molecule has 86 valence electrons. The first kappa shape index (κ1) is 11.3. The highest BCUT2D eigenvalue weighted by atomic mass is 32.1. The maximum absolute atomic E-state index is 4.23. The van der Waals surface area contributed by atoms with Gasteiger partial charge in [-0.05, 0) is 13.8 Å². The summed E-state index contributed by atoms with van der Waals surface area (Å²) in [6.07, 6.45) is 3.94. The van der Waals surface area contributed by atoms with E-state index in [0.717, 1.165) is 12.2 Å². The standard InChI is InChI=1S/C11H16N4S/c1-8(10-4-14-15(3)6-10)12-5-11-9(2)13-7-16-11/h4,6-8,12H,5H2,1-3H3. The number of nitrogens with zero attached hydrogens (tertiary/aromatic N) is 3. The van der Waals surface area contributed by atoms with Crippen LogP contribution in [0.3, 0.4) is 0 Å². The average molecular weight is 236 g/mol. The van der Waals surface area contributed by atoms with Gasteiger partial charge in [-0.1, -0.05) is 0 Å². The van der Waals surface area contributed by atoms with Gasteiger partial charge in [0, 0.05) is 36.3 Å². The Morgan fingerprint density at radius 3 is 2.94 bits per heavy atom. The topological polar surface area (TPSA) is 42.7 Å². The molecule has 0 aliphatic carbocycles. The molecule has 2 heterocycles. The van der Waals surface area contributed by atoms with Crippen LogP contribution >= 0.6 is 11.3 Å². The molecule has 4 nitrogen and oxygen atoms in total. The van der Waals surface area contributed by atoms with Crippen LogP contribution in [0.15, 0.2) is 17.9 Å². The summed E-state index contributed by atoms with van der Waals surface area (Å²) in [6, 6.07) is 0.315. The molecule has 2 rings (SSSR count). The molecule has 5 heteroatoms. The lowest BCUT2D eigenvalue weighted by molar-refractivity contribution is 0.576. The summed E-state index contributed by atoms with van der Waals surface area (Å²) in [5.41, 5.74) is 4.22. The molecule has 0 aliphatic rings. The molecule has 2 aromatic heterocycles. The predicted molar refractivity (Wildman–Crippen MR) is 65.3 cm³/mol. The van der Waals surface area contributed by atoms with Crippen molar-refractivity contribution in [3.8, 4) is 0 Å². The molecule has 2 aromatic rings. The zero-order valence-electron chi connectivity index (χ0n) is 9.77.